The van der Waals surface area contributed by atoms with Gasteiger partial charge in [0.25, 0.3) is 0 Å². The minimum absolute atomic E-state index is 0.206. The molecule has 0 fully saturated rings. The molecule has 0 radical (unpaired) electrons. The van der Waals surface area contributed by atoms with Gasteiger partial charge in [-0.05, 0) is 24.3 Å². The Morgan fingerprint density at radius 1 is 0.595 bits per heavy atom. The average molecular weight is 567 g/mol. The van der Waals surface area contributed by atoms with Crippen molar-refractivity contribution in [2.75, 3.05) is 24.6 Å². The molecule has 0 heterocycles. The summed E-state index contributed by atoms with van der Waals surface area (Å²) in [6, 6.07) is 13.3. The Balaban J connectivity index is 0.000000377. The first kappa shape index (κ1) is 33.5. The Kier molecular flexibility index (Phi) is 17.7. The molecule has 0 aliphatic heterocycles. The van der Waals surface area contributed by atoms with Gasteiger partial charge in [-0.25, -0.2) is 9.59 Å². The third-order valence-electron chi connectivity index (χ3n) is 6.70. The van der Waals surface area contributed by atoms with E-state index in [1.54, 1.807) is 61.0 Å². The maximum atomic E-state index is 11.1. The number of hydrogen-bond acceptors (Lipinski definition) is 4. The minimum Gasteiger partial charge on any atom is -0.478 e. The van der Waals surface area contributed by atoms with E-state index in [1.807, 2.05) is 0 Å². The summed E-state index contributed by atoms with van der Waals surface area (Å²) >= 11 is 0. The van der Waals surface area contributed by atoms with Crippen molar-refractivity contribution in [2.45, 2.75) is 88.9 Å². The van der Waals surface area contributed by atoms with Crippen molar-refractivity contribution in [1.29, 1.82) is 0 Å². The normalized spacial score (nSPS) is 11.5. The van der Waals surface area contributed by atoms with Crippen LogP contribution in [0.5, 0.6) is 0 Å². The van der Waals surface area contributed by atoms with Gasteiger partial charge in [-0.2, -0.15) is 0 Å². The number of unbranched alkanes of at least 4 members (excludes halogenated alkanes) is 4. The molecule has 208 valence electrons. The molecule has 0 aliphatic rings. The van der Waals surface area contributed by atoms with Gasteiger partial charge in [0, 0.05) is 9.79 Å². The largest absolute Gasteiger partial charge is 0.478 e. The zero-order chi connectivity index (χ0) is 27.5. The van der Waals surface area contributed by atoms with Crippen molar-refractivity contribution in [3.63, 3.8) is 0 Å². The van der Waals surface area contributed by atoms with Crippen LogP contribution in [0.1, 0.15) is 99.8 Å². The number of carbonyl (C=O) groups is 2. The zero-order valence-electron chi connectivity index (χ0n) is 23.1. The Hall–Kier alpha value is -1.49. The molecule has 0 aliphatic carbocycles. The molecule has 2 N–H and O–H groups in total. The van der Waals surface area contributed by atoms with Gasteiger partial charge in [-0.1, -0.05) is 45.9 Å². The Bertz CT molecular complexity index is 840. The second kappa shape index (κ2) is 19.6. The molecule has 4 nitrogen and oxygen atoms in total. The fraction of sp³-hybridized carbons (Fsp3) is 0.533. The minimum atomic E-state index is -1.000. The molecule has 0 saturated heterocycles. The van der Waals surface area contributed by atoms with E-state index in [0.717, 1.165) is 0 Å². The zero-order valence-corrected chi connectivity index (χ0v) is 25.8. The van der Waals surface area contributed by atoms with Gasteiger partial charge in [0.05, 0.1) is 11.1 Å². The van der Waals surface area contributed by atoms with Crippen LogP contribution in [-0.4, -0.2) is 46.8 Å². The maximum Gasteiger partial charge on any atom is 0.336 e. The van der Waals surface area contributed by atoms with Crippen LogP contribution in [0.4, 0.5) is 0 Å². The molecule has 0 bridgehead atoms. The van der Waals surface area contributed by atoms with Crippen LogP contribution >= 0.6 is 28.9 Å². The molecule has 0 unspecified atom stereocenters. The van der Waals surface area contributed by atoms with E-state index in [1.165, 1.54) is 85.1 Å². The monoisotopic (exact) mass is 566 g/mol. The van der Waals surface area contributed by atoms with Crippen molar-refractivity contribution in [1.82, 2.24) is 0 Å². The van der Waals surface area contributed by atoms with Crippen LogP contribution in [-0.2, 0) is 0 Å². The fourth-order valence-electron chi connectivity index (χ4n) is 4.48. The third-order valence-corrected chi connectivity index (χ3v) is 14.8. The van der Waals surface area contributed by atoms with Crippen molar-refractivity contribution < 1.29 is 19.8 Å². The summed E-state index contributed by atoms with van der Waals surface area (Å²) in [5.74, 6) is -2.00. The molecule has 7 heteroatoms. The molecule has 0 spiro atoms. The Labute approximate surface area is 233 Å². The number of rotatable bonds is 17. The molecule has 37 heavy (non-hydrogen) atoms. The number of hydrogen-bond donors (Lipinski definition) is 2. The molecular weight excluding hydrogens is 519 g/mol. The number of aromatic carboxylic acids is 2. The van der Waals surface area contributed by atoms with E-state index in [9.17, 15) is 9.59 Å². The summed E-state index contributed by atoms with van der Waals surface area (Å²) in [4.78, 5) is 23.4. The second-order valence-corrected chi connectivity index (χ2v) is 16.9. The van der Waals surface area contributed by atoms with Crippen molar-refractivity contribution in [3.05, 3.63) is 59.7 Å². The fourth-order valence-corrected chi connectivity index (χ4v) is 12.7. The van der Waals surface area contributed by atoms with E-state index in [2.05, 4.69) is 27.7 Å². The van der Waals surface area contributed by atoms with Crippen molar-refractivity contribution in [3.8, 4) is 0 Å². The van der Waals surface area contributed by atoms with Crippen LogP contribution < -0.4 is 0 Å². The van der Waals surface area contributed by atoms with E-state index < -0.39 is 19.2 Å². The smallest absolute Gasteiger partial charge is 0.336 e. The SMILES string of the molecule is CCCC[PH](CCCC)(CCCC)CCCC.O=C(O)c1ccccc1SSc1ccccc1C(=O)O. The second-order valence-electron chi connectivity index (χ2n) is 9.68. The van der Waals surface area contributed by atoms with Gasteiger partial charge in [0.1, 0.15) is 0 Å². The van der Waals surface area contributed by atoms with E-state index >= 15 is 0 Å². The van der Waals surface area contributed by atoms with Gasteiger partial charge >= 0.3 is 123 Å². The maximum absolute atomic E-state index is 11.1. The van der Waals surface area contributed by atoms with Crippen LogP contribution in [0.3, 0.4) is 0 Å². The van der Waals surface area contributed by atoms with Crippen molar-refractivity contribution in [2.24, 2.45) is 0 Å². The average Bonchev–Trinajstić information content (AvgIpc) is 2.91. The van der Waals surface area contributed by atoms with Crippen LogP contribution in [0.15, 0.2) is 58.3 Å². The van der Waals surface area contributed by atoms with Gasteiger partial charge in [0.15, 0.2) is 0 Å². The molecule has 0 amide bonds. The van der Waals surface area contributed by atoms with E-state index in [0.29, 0.717) is 9.79 Å². The predicted octanol–water partition coefficient (Wildman–Crippen LogP) is 9.82. The number of benzene rings is 2. The Morgan fingerprint density at radius 2 is 0.892 bits per heavy atom. The topological polar surface area (TPSA) is 74.6 Å². The third kappa shape index (κ3) is 12.7. The van der Waals surface area contributed by atoms with E-state index in [4.69, 9.17) is 10.2 Å². The molecule has 2 rings (SSSR count). The van der Waals surface area contributed by atoms with Gasteiger partial charge < -0.3 is 10.2 Å². The molecule has 2 aromatic carbocycles. The van der Waals surface area contributed by atoms with Gasteiger partial charge in [-0.3, -0.25) is 0 Å². The van der Waals surface area contributed by atoms with Gasteiger partial charge in [-0.15, -0.1) is 0 Å². The first-order valence-corrected chi connectivity index (χ1v) is 18.8. The van der Waals surface area contributed by atoms with Crippen LogP contribution in [0.2, 0.25) is 0 Å². The summed E-state index contributed by atoms with van der Waals surface area (Å²) in [6.45, 7) is 9.44. The first-order chi connectivity index (χ1) is 17.8. The number of carboxylic acids is 2. The summed E-state index contributed by atoms with van der Waals surface area (Å²) in [5.41, 5.74) is 0.413. The van der Waals surface area contributed by atoms with Crippen LogP contribution in [0.25, 0.3) is 0 Å². The van der Waals surface area contributed by atoms with Gasteiger partial charge in [0.2, 0.25) is 0 Å². The summed E-state index contributed by atoms with van der Waals surface area (Å²) < 4.78 is 0. The first-order valence-electron chi connectivity index (χ1n) is 13.8. The Morgan fingerprint density at radius 3 is 1.16 bits per heavy atom. The molecule has 0 saturated carbocycles. The van der Waals surface area contributed by atoms with Crippen LogP contribution in [0, 0.1) is 0 Å². The molecule has 2 aromatic rings. The summed E-state index contributed by atoms with van der Waals surface area (Å²) in [7, 11) is 1.59. The molecule has 0 aromatic heterocycles. The quantitative estimate of drug-likeness (QED) is 0.147. The molecular formula is C30H47O4PS2. The van der Waals surface area contributed by atoms with E-state index in [-0.39, 0.29) is 11.1 Å². The summed E-state index contributed by atoms with van der Waals surface area (Å²) in [5, 5.41) is 18.2. The van der Waals surface area contributed by atoms with Crippen molar-refractivity contribution >= 4 is 40.8 Å². The number of carboxylic acid groups (broad SMARTS) is 2. The molecule has 0 atom stereocenters. The summed E-state index contributed by atoms with van der Waals surface area (Å²) in [6.07, 6.45) is 18.1. The standard InChI is InChI=1S/C16H37P.C14H10O4S2/c1-5-9-13-17(14-10-6-2,15-11-7-3)16-12-8-4;15-13(16)9-5-1-3-7-11(9)19-20-12-8-4-2-6-10(12)14(17)18/h17H,5-16H2,1-4H3;1-8H,(H,15,16)(H,17,18). The predicted molar refractivity (Wildman–Crippen MR) is 166 cm³/mol.